The Morgan fingerprint density at radius 3 is 2.00 bits per heavy atom. The molecular weight excluding hydrogens is 414 g/mol. The summed E-state index contributed by atoms with van der Waals surface area (Å²) in [5, 5.41) is 19.5. The normalized spacial score (nSPS) is 14.9. The molecule has 1 amide bonds. The van der Waals surface area contributed by atoms with Gasteiger partial charge in [-0.15, -0.1) is 0 Å². The molecule has 0 saturated heterocycles. The first-order valence-electron chi connectivity index (χ1n) is 9.99. The SMILES string of the molecule is CCCCCCC(S)C(=O)NC(CCC(=O)CC(N)C(=O)O)C(=O)CC(N)C(=O)O. The fourth-order valence-corrected chi connectivity index (χ4v) is 2.92. The zero-order chi connectivity index (χ0) is 23.3. The van der Waals surface area contributed by atoms with E-state index in [0.717, 1.165) is 25.7 Å². The topological polar surface area (TPSA) is 190 Å². The van der Waals surface area contributed by atoms with E-state index in [1.54, 1.807) is 0 Å². The van der Waals surface area contributed by atoms with E-state index in [4.69, 9.17) is 21.7 Å². The number of carbonyl (C=O) groups is 5. The Bertz CT molecular complexity index is 615. The molecule has 0 aromatic heterocycles. The molecule has 0 spiro atoms. The van der Waals surface area contributed by atoms with Crippen LogP contribution in [0.2, 0.25) is 0 Å². The number of carbonyl (C=O) groups excluding carboxylic acids is 3. The van der Waals surface area contributed by atoms with Crippen molar-refractivity contribution in [1.82, 2.24) is 5.32 Å². The van der Waals surface area contributed by atoms with Crippen molar-refractivity contribution in [2.75, 3.05) is 0 Å². The fraction of sp³-hybridized carbons (Fsp3) is 0.737. The molecule has 0 saturated carbocycles. The van der Waals surface area contributed by atoms with Crippen LogP contribution in [0.3, 0.4) is 0 Å². The molecule has 11 heteroatoms. The van der Waals surface area contributed by atoms with E-state index in [1.165, 1.54) is 0 Å². The minimum Gasteiger partial charge on any atom is -0.480 e. The van der Waals surface area contributed by atoms with Crippen LogP contribution >= 0.6 is 12.6 Å². The van der Waals surface area contributed by atoms with Crippen LogP contribution in [0.5, 0.6) is 0 Å². The van der Waals surface area contributed by atoms with E-state index < -0.39 is 65.6 Å². The summed E-state index contributed by atoms with van der Waals surface area (Å²) in [6.45, 7) is 2.06. The summed E-state index contributed by atoms with van der Waals surface area (Å²) < 4.78 is 0. The number of nitrogens with one attached hydrogen (secondary N) is 1. The average molecular weight is 448 g/mol. The molecule has 0 heterocycles. The summed E-state index contributed by atoms with van der Waals surface area (Å²) in [5.41, 5.74) is 10.7. The molecule has 0 rings (SSSR count). The molecule has 30 heavy (non-hydrogen) atoms. The van der Waals surface area contributed by atoms with Gasteiger partial charge in [0.2, 0.25) is 5.91 Å². The molecule has 0 bridgehead atoms. The zero-order valence-corrected chi connectivity index (χ0v) is 18.1. The van der Waals surface area contributed by atoms with Gasteiger partial charge in [0.05, 0.1) is 11.3 Å². The molecule has 4 atom stereocenters. The van der Waals surface area contributed by atoms with Crippen LogP contribution in [0.25, 0.3) is 0 Å². The van der Waals surface area contributed by atoms with Crippen LogP contribution in [0.4, 0.5) is 0 Å². The van der Waals surface area contributed by atoms with Gasteiger partial charge in [-0.25, -0.2) is 0 Å². The summed E-state index contributed by atoms with van der Waals surface area (Å²) in [7, 11) is 0. The van der Waals surface area contributed by atoms with Gasteiger partial charge < -0.3 is 27.0 Å². The van der Waals surface area contributed by atoms with Gasteiger partial charge in [0.1, 0.15) is 17.9 Å². The van der Waals surface area contributed by atoms with Crippen LogP contribution in [0.15, 0.2) is 0 Å². The van der Waals surface area contributed by atoms with Crippen LogP contribution in [-0.2, 0) is 24.0 Å². The Morgan fingerprint density at radius 1 is 0.900 bits per heavy atom. The van der Waals surface area contributed by atoms with Crippen molar-refractivity contribution in [1.29, 1.82) is 0 Å². The Hall–Kier alpha value is -1.98. The Balaban J connectivity index is 4.95. The third kappa shape index (κ3) is 11.9. The quantitative estimate of drug-likeness (QED) is 0.134. The van der Waals surface area contributed by atoms with E-state index in [2.05, 4.69) is 24.9 Å². The standard InChI is InChI=1S/C19H33N3O7S/c1-2-3-4-5-6-16(30)17(25)22-14(15(24)10-13(21)19(28)29)8-7-11(23)9-12(20)18(26)27/h12-14,16,30H,2-10,20-21H2,1H3,(H,22,25)(H,26,27)(H,28,29). The molecule has 10 nitrogen and oxygen atoms in total. The maximum atomic E-state index is 12.4. The minimum atomic E-state index is -1.44. The van der Waals surface area contributed by atoms with Gasteiger partial charge in [-0.05, 0) is 12.8 Å². The van der Waals surface area contributed by atoms with E-state index in [9.17, 15) is 24.0 Å². The third-order valence-corrected chi connectivity index (χ3v) is 5.05. The molecule has 0 aliphatic heterocycles. The first kappa shape index (κ1) is 28.0. The molecule has 172 valence electrons. The molecule has 4 unspecified atom stereocenters. The van der Waals surface area contributed by atoms with Crippen molar-refractivity contribution in [2.24, 2.45) is 11.5 Å². The summed E-state index contributed by atoms with van der Waals surface area (Å²) in [5.74, 6) is -4.29. The molecule has 7 N–H and O–H groups in total. The highest BCUT2D eigenvalue weighted by Crippen LogP contribution is 2.12. The van der Waals surface area contributed by atoms with E-state index in [1.807, 2.05) is 0 Å². The number of hydrogen-bond donors (Lipinski definition) is 6. The van der Waals surface area contributed by atoms with E-state index >= 15 is 0 Å². The minimum absolute atomic E-state index is 0.113. The van der Waals surface area contributed by atoms with E-state index in [0.29, 0.717) is 6.42 Å². The number of ketones is 2. The molecule has 0 fully saturated rings. The zero-order valence-electron chi connectivity index (χ0n) is 17.2. The second kappa shape index (κ2) is 14.9. The van der Waals surface area contributed by atoms with Crippen LogP contribution in [0, 0.1) is 0 Å². The number of carboxylic acid groups (broad SMARTS) is 2. The lowest BCUT2D eigenvalue weighted by atomic mass is 9.97. The fourth-order valence-electron chi connectivity index (χ4n) is 2.66. The predicted octanol–water partition coefficient (Wildman–Crippen LogP) is 0.262. The van der Waals surface area contributed by atoms with Gasteiger partial charge in [-0.1, -0.05) is 32.6 Å². The van der Waals surface area contributed by atoms with Gasteiger partial charge >= 0.3 is 11.9 Å². The Labute approximate surface area is 181 Å². The lowest BCUT2D eigenvalue weighted by Crippen LogP contribution is -2.47. The number of unbranched alkanes of at least 4 members (excludes halogenated alkanes) is 3. The smallest absolute Gasteiger partial charge is 0.320 e. The highest BCUT2D eigenvalue weighted by molar-refractivity contribution is 7.81. The number of nitrogens with two attached hydrogens (primary N) is 2. The molecule has 0 aromatic carbocycles. The van der Waals surface area contributed by atoms with Gasteiger partial charge in [-0.3, -0.25) is 24.0 Å². The van der Waals surface area contributed by atoms with Crippen molar-refractivity contribution >= 4 is 42.0 Å². The lowest BCUT2D eigenvalue weighted by Gasteiger charge is -2.21. The van der Waals surface area contributed by atoms with Gasteiger partial charge in [0.15, 0.2) is 5.78 Å². The summed E-state index contributed by atoms with van der Waals surface area (Å²) in [6.07, 6.45) is 3.10. The maximum absolute atomic E-state index is 12.4. The number of hydrogen-bond acceptors (Lipinski definition) is 8. The summed E-state index contributed by atoms with van der Waals surface area (Å²) in [6, 6.07) is -3.92. The number of Topliss-reactive ketones (excluding diaryl/α,β-unsaturated/α-hetero) is 2. The molecule has 0 radical (unpaired) electrons. The third-order valence-electron chi connectivity index (χ3n) is 4.55. The summed E-state index contributed by atoms with van der Waals surface area (Å²) >= 11 is 4.26. The van der Waals surface area contributed by atoms with Crippen LogP contribution < -0.4 is 16.8 Å². The van der Waals surface area contributed by atoms with Crippen molar-refractivity contribution < 1.29 is 34.2 Å². The highest BCUT2D eigenvalue weighted by Gasteiger charge is 2.28. The molecule has 0 aromatic rings. The molecule has 0 aliphatic carbocycles. The van der Waals surface area contributed by atoms with Crippen LogP contribution in [0.1, 0.15) is 64.7 Å². The maximum Gasteiger partial charge on any atom is 0.320 e. The number of thiol groups is 1. The Morgan fingerprint density at radius 2 is 1.47 bits per heavy atom. The highest BCUT2D eigenvalue weighted by atomic mass is 32.1. The van der Waals surface area contributed by atoms with Crippen molar-refractivity contribution in [3.63, 3.8) is 0 Å². The second-order valence-electron chi connectivity index (χ2n) is 7.27. The Kier molecular flexibility index (Phi) is 13.9. The average Bonchev–Trinajstić information content (AvgIpc) is 2.67. The lowest BCUT2D eigenvalue weighted by molar-refractivity contribution is -0.140. The van der Waals surface area contributed by atoms with Crippen molar-refractivity contribution in [3.05, 3.63) is 0 Å². The molecular formula is C19H33N3O7S. The number of aliphatic carboxylic acids is 2. The van der Waals surface area contributed by atoms with E-state index in [-0.39, 0.29) is 12.8 Å². The number of rotatable bonds is 17. The van der Waals surface area contributed by atoms with Gasteiger partial charge in [0, 0.05) is 19.3 Å². The van der Waals surface area contributed by atoms with Gasteiger partial charge in [0.25, 0.3) is 0 Å². The number of carboxylic acids is 2. The van der Waals surface area contributed by atoms with Gasteiger partial charge in [-0.2, -0.15) is 12.6 Å². The van der Waals surface area contributed by atoms with Crippen molar-refractivity contribution in [2.45, 2.75) is 88.1 Å². The summed E-state index contributed by atoms with van der Waals surface area (Å²) in [4.78, 5) is 58.4. The second-order valence-corrected chi connectivity index (χ2v) is 7.89. The first-order valence-corrected chi connectivity index (χ1v) is 10.5. The first-order chi connectivity index (χ1) is 14.0. The largest absolute Gasteiger partial charge is 0.480 e. The predicted molar refractivity (Wildman–Crippen MR) is 113 cm³/mol. The molecule has 0 aliphatic rings. The monoisotopic (exact) mass is 447 g/mol. The van der Waals surface area contributed by atoms with Crippen LogP contribution in [-0.4, -0.2) is 63.0 Å². The van der Waals surface area contributed by atoms with Crippen molar-refractivity contribution in [3.8, 4) is 0 Å². The number of amides is 1.